The highest BCUT2D eigenvalue weighted by Gasteiger charge is 2.36. The molecule has 2 nitrogen and oxygen atoms in total. The molecule has 0 radical (unpaired) electrons. The third-order valence-corrected chi connectivity index (χ3v) is 5.36. The van der Waals surface area contributed by atoms with Gasteiger partial charge < -0.3 is 5.32 Å². The summed E-state index contributed by atoms with van der Waals surface area (Å²) >= 11 is 1.96. The first kappa shape index (κ1) is 12.1. The van der Waals surface area contributed by atoms with Crippen LogP contribution in [0.5, 0.6) is 0 Å². The van der Waals surface area contributed by atoms with Crippen molar-refractivity contribution in [2.24, 2.45) is 5.41 Å². The van der Waals surface area contributed by atoms with Crippen molar-refractivity contribution in [1.29, 1.82) is 5.26 Å². The van der Waals surface area contributed by atoms with Crippen LogP contribution in [0.2, 0.25) is 0 Å². The summed E-state index contributed by atoms with van der Waals surface area (Å²) in [4.78, 5) is 1.42. The van der Waals surface area contributed by atoms with Gasteiger partial charge in [-0.1, -0.05) is 18.2 Å². The first-order chi connectivity index (χ1) is 8.81. The monoisotopic (exact) mass is 258 g/mol. The van der Waals surface area contributed by atoms with E-state index in [4.69, 9.17) is 0 Å². The summed E-state index contributed by atoms with van der Waals surface area (Å²) in [5.41, 5.74) is 1.34. The highest BCUT2D eigenvalue weighted by Crippen LogP contribution is 2.43. The number of nitrogens with one attached hydrogen (secondary N) is 1. The number of hydrogen-bond acceptors (Lipinski definition) is 3. The molecule has 2 atom stereocenters. The summed E-state index contributed by atoms with van der Waals surface area (Å²) in [6, 6.07) is 11.2. The largest absolute Gasteiger partial charge is 0.315 e. The van der Waals surface area contributed by atoms with Crippen LogP contribution in [0.25, 0.3) is 0 Å². The van der Waals surface area contributed by atoms with Crippen molar-refractivity contribution >= 4 is 11.8 Å². The second-order valence-corrected chi connectivity index (χ2v) is 6.77. The van der Waals surface area contributed by atoms with E-state index in [1.807, 2.05) is 11.8 Å². The van der Waals surface area contributed by atoms with Crippen LogP contribution < -0.4 is 5.32 Å². The molecule has 2 heterocycles. The Morgan fingerprint density at radius 3 is 3.06 bits per heavy atom. The lowest BCUT2D eigenvalue weighted by Crippen LogP contribution is -2.40. The number of nitriles is 1. The fourth-order valence-corrected chi connectivity index (χ4v) is 4.57. The fourth-order valence-electron chi connectivity index (χ4n) is 3.09. The number of piperidine rings is 1. The molecule has 1 N–H and O–H groups in total. The van der Waals surface area contributed by atoms with Crippen LogP contribution in [0.15, 0.2) is 29.2 Å². The van der Waals surface area contributed by atoms with Crippen molar-refractivity contribution in [3.8, 4) is 6.07 Å². The van der Waals surface area contributed by atoms with Gasteiger partial charge in [0.25, 0.3) is 0 Å². The molecule has 94 valence electrons. The second kappa shape index (κ2) is 4.95. The lowest BCUT2D eigenvalue weighted by molar-refractivity contribution is 0.267. The second-order valence-electron chi connectivity index (χ2n) is 5.43. The Labute approximate surface area is 113 Å². The van der Waals surface area contributed by atoms with Crippen molar-refractivity contribution < 1.29 is 0 Å². The van der Waals surface area contributed by atoms with Gasteiger partial charge in [0.15, 0.2) is 0 Å². The Morgan fingerprint density at radius 2 is 2.33 bits per heavy atom. The summed E-state index contributed by atoms with van der Waals surface area (Å²) in [7, 11) is 0. The molecule has 1 saturated heterocycles. The molecular weight excluding hydrogens is 240 g/mol. The zero-order valence-corrected chi connectivity index (χ0v) is 11.3. The topological polar surface area (TPSA) is 35.8 Å². The maximum Gasteiger partial charge on any atom is 0.0709 e. The standard InChI is InChI=1S/C15H18N2S/c16-10-15(6-3-7-17-11-15)9-13-8-12-4-1-2-5-14(12)18-13/h1-2,4-5,13,17H,3,6-9,11H2. The predicted molar refractivity (Wildman–Crippen MR) is 74.6 cm³/mol. The van der Waals surface area contributed by atoms with E-state index in [-0.39, 0.29) is 5.41 Å². The lowest BCUT2D eigenvalue weighted by Gasteiger charge is -2.33. The van der Waals surface area contributed by atoms with E-state index >= 15 is 0 Å². The molecule has 0 bridgehead atoms. The van der Waals surface area contributed by atoms with Crippen molar-refractivity contribution in [2.75, 3.05) is 13.1 Å². The van der Waals surface area contributed by atoms with Gasteiger partial charge in [-0.15, -0.1) is 11.8 Å². The number of benzene rings is 1. The first-order valence-electron chi connectivity index (χ1n) is 6.68. The Kier molecular flexibility index (Phi) is 3.32. The van der Waals surface area contributed by atoms with Crippen LogP contribution in [-0.4, -0.2) is 18.3 Å². The summed E-state index contributed by atoms with van der Waals surface area (Å²) in [5.74, 6) is 0. The van der Waals surface area contributed by atoms with Gasteiger partial charge in [-0.3, -0.25) is 0 Å². The van der Waals surface area contributed by atoms with E-state index in [9.17, 15) is 5.26 Å². The molecule has 0 aromatic heterocycles. The normalized spacial score (nSPS) is 30.7. The van der Waals surface area contributed by atoms with Crippen LogP contribution in [0.4, 0.5) is 0 Å². The molecular formula is C15H18N2S. The van der Waals surface area contributed by atoms with Crippen LogP contribution >= 0.6 is 11.8 Å². The zero-order chi connectivity index (χ0) is 12.4. The quantitative estimate of drug-likeness (QED) is 0.886. The van der Waals surface area contributed by atoms with Crippen molar-refractivity contribution in [1.82, 2.24) is 5.32 Å². The van der Waals surface area contributed by atoms with Gasteiger partial charge in [0.1, 0.15) is 0 Å². The molecule has 0 amide bonds. The van der Waals surface area contributed by atoms with E-state index in [0.717, 1.165) is 38.8 Å². The third kappa shape index (κ3) is 2.28. The number of rotatable bonds is 2. The van der Waals surface area contributed by atoms with Gasteiger partial charge in [0, 0.05) is 16.7 Å². The van der Waals surface area contributed by atoms with Gasteiger partial charge in [-0.05, 0) is 43.9 Å². The third-order valence-electron chi connectivity index (χ3n) is 4.04. The zero-order valence-electron chi connectivity index (χ0n) is 10.5. The minimum atomic E-state index is -0.127. The summed E-state index contributed by atoms with van der Waals surface area (Å²) in [6.45, 7) is 1.94. The number of hydrogen-bond donors (Lipinski definition) is 1. The minimum Gasteiger partial charge on any atom is -0.315 e. The first-order valence-corrected chi connectivity index (χ1v) is 7.56. The number of fused-ring (bicyclic) bond motifs is 1. The SMILES string of the molecule is N#CC1(CC2Cc3ccccc3S2)CCCNC1. The van der Waals surface area contributed by atoms with Crippen LogP contribution in [0.1, 0.15) is 24.8 Å². The van der Waals surface area contributed by atoms with Crippen LogP contribution in [-0.2, 0) is 6.42 Å². The maximum absolute atomic E-state index is 9.52. The summed E-state index contributed by atoms with van der Waals surface area (Å²) < 4.78 is 0. The molecule has 3 heteroatoms. The van der Waals surface area contributed by atoms with Crippen LogP contribution in [0, 0.1) is 16.7 Å². The minimum absolute atomic E-state index is 0.127. The lowest BCUT2D eigenvalue weighted by atomic mass is 9.77. The van der Waals surface area contributed by atoms with Gasteiger partial charge in [-0.25, -0.2) is 0 Å². The summed E-state index contributed by atoms with van der Waals surface area (Å²) in [6.07, 6.45) is 4.35. The Morgan fingerprint density at radius 1 is 1.44 bits per heavy atom. The van der Waals surface area contributed by atoms with Gasteiger partial charge in [-0.2, -0.15) is 5.26 Å². The smallest absolute Gasteiger partial charge is 0.0709 e. The van der Waals surface area contributed by atoms with E-state index in [2.05, 4.69) is 35.7 Å². The molecule has 1 aromatic rings. The molecule has 0 saturated carbocycles. The van der Waals surface area contributed by atoms with Crippen molar-refractivity contribution in [3.05, 3.63) is 29.8 Å². The van der Waals surface area contributed by atoms with E-state index in [1.165, 1.54) is 10.5 Å². The van der Waals surface area contributed by atoms with E-state index in [0.29, 0.717) is 5.25 Å². The van der Waals surface area contributed by atoms with E-state index in [1.54, 1.807) is 0 Å². The van der Waals surface area contributed by atoms with Crippen molar-refractivity contribution in [2.45, 2.75) is 35.8 Å². The average Bonchev–Trinajstić information content (AvgIpc) is 2.81. The summed E-state index contributed by atoms with van der Waals surface area (Å²) in [5, 5.41) is 13.5. The Hall–Kier alpha value is -0.980. The highest BCUT2D eigenvalue weighted by atomic mass is 32.2. The molecule has 2 unspecified atom stereocenters. The number of thioether (sulfide) groups is 1. The van der Waals surface area contributed by atoms with Gasteiger partial charge in [0.2, 0.25) is 0 Å². The highest BCUT2D eigenvalue weighted by molar-refractivity contribution is 8.00. The molecule has 1 aromatic carbocycles. The van der Waals surface area contributed by atoms with Crippen LogP contribution in [0.3, 0.4) is 0 Å². The Bertz CT molecular complexity index is 447. The van der Waals surface area contributed by atoms with E-state index < -0.39 is 0 Å². The fraction of sp³-hybridized carbons (Fsp3) is 0.533. The van der Waals surface area contributed by atoms with Gasteiger partial charge in [0.05, 0.1) is 11.5 Å². The van der Waals surface area contributed by atoms with Gasteiger partial charge >= 0.3 is 0 Å². The molecule has 18 heavy (non-hydrogen) atoms. The molecule has 0 aliphatic carbocycles. The molecule has 1 fully saturated rings. The van der Waals surface area contributed by atoms with Crippen molar-refractivity contribution in [3.63, 3.8) is 0 Å². The molecule has 2 aliphatic rings. The molecule has 2 aliphatic heterocycles. The average molecular weight is 258 g/mol. The molecule has 3 rings (SSSR count). The Balaban J connectivity index is 1.70. The predicted octanol–water partition coefficient (Wildman–Crippen LogP) is 2.99. The number of nitrogens with zero attached hydrogens (tertiary/aromatic N) is 1. The molecule has 0 spiro atoms. The maximum atomic E-state index is 9.52.